The van der Waals surface area contributed by atoms with E-state index in [0.29, 0.717) is 48.5 Å². The van der Waals surface area contributed by atoms with E-state index in [2.05, 4.69) is 17.1 Å². The van der Waals surface area contributed by atoms with Crippen molar-refractivity contribution in [2.45, 2.75) is 19.8 Å². The molecule has 0 bridgehead atoms. The van der Waals surface area contributed by atoms with Crippen molar-refractivity contribution >= 4 is 23.2 Å². The molecule has 132 valence electrons. The Kier molecular flexibility index (Phi) is 5.18. The molecule has 2 aliphatic rings. The second-order valence-electron chi connectivity index (χ2n) is 6.85. The highest BCUT2D eigenvalue weighted by molar-refractivity contribution is 6.34. The number of amides is 1. The number of benzene rings is 1. The molecule has 1 unspecified atom stereocenters. The van der Waals surface area contributed by atoms with Gasteiger partial charge in [0.15, 0.2) is 11.5 Å². The summed E-state index contributed by atoms with van der Waals surface area (Å²) in [5.74, 6) is 1.14. The molecule has 1 aromatic carbocycles. The minimum absolute atomic E-state index is 0.0901. The van der Waals surface area contributed by atoms with Crippen molar-refractivity contribution in [3.63, 3.8) is 0 Å². The number of nitrogens with two attached hydrogens (primary N) is 1. The van der Waals surface area contributed by atoms with Crippen LogP contribution in [0.15, 0.2) is 12.1 Å². The molecule has 24 heavy (non-hydrogen) atoms. The van der Waals surface area contributed by atoms with Crippen LogP contribution in [0.3, 0.4) is 0 Å². The first-order valence-corrected chi connectivity index (χ1v) is 8.68. The zero-order chi connectivity index (χ0) is 17.2. The summed E-state index contributed by atoms with van der Waals surface area (Å²) >= 11 is 6.26. The lowest BCUT2D eigenvalue weighted by Gasteiger charge is -2.22. The van der Waals surface area contributed by atoms with Gasteiger partial charge in [-0.2, -0.15) is 0 Å². The van der Waals surface area contributed by atoms with Crippen molar-refractivity contribution in [1.82, 2.24) is 4.90 Å². The topological polar surface area (TPSA) is 76.8 Å². The second-order valence-corrected chi connectivity index (χ2v) is 7.26. The molecule has 1 aromatic rings. The Balaban J connectivity index is 1.63. The third-order valence-electron chi connectivity index (χ3n) is 4.61. The molecule has 1 amide bonds. The number of carbonyl (C=O) groups excluding carboxylic acids is 1. The molecule has 6 nitrogen and oxygen atoms in total. The molecule has 0 saturated carbocycles. The van der Waals surface area contributed by atoms with Crippen molar-refractivity contribution in [2.24, 2.45) is 11.1 Å². The normalized spacial score (nSPS) is 23.8. The van der Waals surface area contributed by atoms with Crippen LogP contribution in [-0.4, -0.2) is 50.2 Å². The number of nitrogens with zero attached hydrogens (tertiary/aromatic N) is 1. The number of ether oxygens (including phenoxy) is 2. The van der Waals surface area contributed by atoms with E-state index >= 15 is 0 Å². The van der Waals surface area contributed by atoms with Gasteiger partial charge in [-0.3, -0.25) is 9.69 Å². The molecule has 1 fully saturated rings. The van der Waals surface area contributed by atoms with Gasteiger partial charge in [0.05, 0.1) is 30.5 Å². The summed E-state index contributed by atoms with van der Waals surface area (Å²) in [6.45, 7) is 6.05. The average molecular weight is 354 g/mol. The Hall–Kier alpha value is -1.50. The van der Waals surface area contributed by atoms with Crippen LogP contribution in [-0.2, 0) is 4.79 Å². The molecular weight excluding hydrogens is 330 g/mol. The maximum absolute atomic E-state index is 12.3. The largest absolute Gasteiger partial charge is 0.490 e. The molecule has 0 aliphatic carbocycles. The monoisotopic (exact) mass is 353 g/mol. The first-order chi connectivity index (χ1) is 11.5. The number of nitrogens with one attached hydrogen (secondary N) is 1. The molecular formula is C17H24ClN3O3. The minimum Gasteiger partial charge on any atom is -0.490 e. The van der Waals surface area contributed by atoms with Gasteiger partial charge in [-0.25, -0.2) is 0 Å². The Bertz CT molecular complexity index is 625. The maximum atomic E-state index is 12.3. The summed E-state index contributed by atoms with van der Waals surface area (Å²) in [6.07, 6.45) is 1.84. The number of hydrogen-bond donors (Lipinski definition) is 2. The molecule has 0 spiro atoms. The van der Waals surface area contributed by atoms with Crippen LogP contribution in [0, 0.1) is 5.41 Å². The van der Waals surface area contributed by atoms with Gasteiger partial charge in [-0.1, -0.05) is 18.5 Å². The SMILES string of the molecule is CC1(CN)CCN(CC(=O)Nc2cc3c(cc2Cl)OCCCO3)C1. The molecule has 2 heterocycles. The molecule has 3 rings (SSSR count). The van der Waals surface area contributed by atoms with Gasteiger partial charge in [0.1, 0.15) is 0 Å². The average Bonchev–Trinajstić information content (AvgIpc) is 2.77. The van der Waals surface area contributed by atoms with Gasteiger partial charge in [-0.05, 0) is 24.9 Å². The summed E-state index contributed by atoms with van der Waals surface area (Å²) < 4.78 is 11.2. The third kappa shape index (κ3) is 3.94. The van der Waals surface area contributed by atoms with Crippen LogP contribution in [0.4, 0.5) is 5.69 Å². The number of likely N-dealkylation sites (tertiary alicyclic amines) is 1. The summed E-state index contributed by atoms with van der Waals surface area (Å²) in [5.41, 5.74) is 6.46. The minimum atomic E-state index is -0.0901. The number of rotatable bonds is 4. The number of halogens is 1. The van der Waals surface area contributed by atoms with Gasteiger partial charge in [-0.15, -0.1) is 0 Å². The van der Waals surface area contributed by atoms with Gasteiger partial charge >= 0.3 is 0 Å². The lowest BCUT2D eigenvalue weighted by atomic mass is 9.90. The second kappa shape index (κ2) is 7.17. The number of carbonyl (C=O) groups is 1. The fourth-order valence-corrected chi connectivity index (χ4v) is 3.30. The molecule has 2 aliphatic heterocycles. The highest BCUT2D eigenvalue weighted by Gasteiger charge is 2.33. The molecule has 1 atom stereocenters. The molecule has 7 heteroatoms. The zero-order valence-corrected chi connectivity index (χ0v) is 14.7. The Morgan fingerprint density at radius 1 is 1.38 bits per heavy atom. The van der Waals surface area contributed by atoms with E-state index in [9.17, 15) is 4.79 Å². The molecule has 3 N–H and O–H groups in total. The standard InChI is InChI=1S/C17H24ClN3O3/c1-17(10-19)3-4-21(11-17)9-16(22)20-13-8-15-14(7-12(13)18)23-5-2-6-24-15/h7-8H,2-6,9-11,19H2,1H3,(H,20,22). The maximum Gasteiger partial charge on any atom is 0.238 e. The highest BCUT2D eigenvalue weighted by atomic mass is 35.5. The van der Waals surface area contributed by atoms with E-state index in [0.717, 1.165) is 25.9 Å². The first-order valence-electron chi connectivity index (χ1n) is 8.30. The van der Waals surface area contributed by atoms with E-state index in [4.69, 9.17) is 26.8 Å². The van der Waals surface area contributed by atoms with E-state index < -0.39 is 0 Å². The Labute approximate surface area is 147 Å². The van der Waals surface area contributed by atoms with Gasteiger partial charge in [0.2, 0.25) is 5.91 Å². The Morgan fingerprint density at radius 3 is 2.75 bits per heavy atom. The van der Waals surface area contributed by atoms with E-state index in [1.807, 2.05) is 0 Å². The third-order valence-corrected chi connectivity index (χ3v) is 4.92. The van der Waals surface area contributed by atoms with Crippen molar-refractivity contribution in [2.75, 3.05) is 44.7 Å². The summed E-state index contributed by atoms with van der Waals surface area (Å²) in [5, 5.41) is 3.32. The quantitative estimate of drug-likeness (QED) is 0.867. The van der Waals surface area contributed by atoms with Gasteiger partial charge in [0, 0.05) is 25.1 Å². The van der Waals surface area contributed by atoms with Crippen LogP contribution in [0.25, 0.3) is 0 Å². The lowest BCUT2D eigenvalue weighted by molar-refractivity contribution is -0.117. The Morgan fingerprint density at radius 2 is 2.08 bits per heavy atom. The van der Waals surface area contributed by atoms with E-state index in [-0.39, 0.29) is 11.3 Å². The number of fused-ring (bicyclic) bond motifs is 1. The van der Waals surface area contributed by atoms with E-state index in [1.165, 1.54) is 0 Å². The molecule has 1 saturated heterocycles. The summed E-state index contributed by atoms with van der Waals surface area (Å²) in [6, 6.07) is 3.42. The molecule has 0 aromatic heterocycles. The van der Waals surface area contributed by atoms with Crippen LogP contribution >= 0.6 is 11.6 Å². The van der Waals surface area contributed by atoms with Crippen LogP contribution < -0.4 is 20.5 Å². The lowest BCUT2D eigenvalue weighted by Crippen LogP contribution is -2.35. The van der Waals surface area contributed by atoms with Crippen molar-refractivity contribution in [1.29, 1.82) is 0 Å². The summed E-state index contributed by atoms with van der Waals surface area (Å²) in [4.78, 5) is 14.5. The van der Waals surface area contributed by atoms with Crippen molar-refractivity contribution < 1.29 is 14.3 Å². The van der Waals surface area contributed by atoms with E-state index in [1.54, 1.807) is 12.1 Å². The van der Waals surface area contributed by atoms with Crippen LogP contribution in [0.1, 0.15) is 19.8 Å². The fraction of sp³-hybridized carbons (Fsp3) is 0.588. The zero-order valence-electron chi connectivity index (χ0n) is 13.9. The highest BCUT2D eigenvalue weighted by Crippen LogP contribution is 2.37. The fourth-order valence-electron chi connectivity index (χ4n) is 3.10. The van der Waals surface area contributed by atoms with Crippen molar-refractivity contribution in [3.8, 4) is 11.5 Å². The predicted octanol–water partition coefficient (Wildman–Crippen LogP) is 2.11. The number of hydrogen-bond acceptors (Lipinski definition) is 5. The van der Waals surface area contributed by atoms with Crippen LogP contribution in [0.2, 0.25) is 5.02 Å². The smallest absolute Gasteiger partial charge is 0.238 e. The molecule has 0 radical (unpaired) electrons. The summed E-state index contributed by atoms with van der Waals surface area (Å²) in [7, 11) is 0. The number of anilines is 1. The first kappa shape index (κ1) is 17.3. The van der Waals surface area contributed by atoms with Gasteiger partial charge < -0.3 is 20.5 Å². The van der Waals surface area contributed by atoms with Crippen molar-refractivity contribution in [3.05, 3.63) is 17.2 Å². The van der Waals surface area contributed by atoms with Crippen LogP contribution in [0.5, 0.6) is 11.5 Å². The van der Waals surface area contributed by atoms with Gasteiger partial charge in [0.25, 0.3) is 0 Å². The predicted molar refractivity (Wildman–Crippen MR) is 93.9 cm³/mol.